The molecular formula is C10H24NO2+. The van der Waals surface area contributed by atoms with Crippen molar-refractivity contribution in [3.63, 3.8) is 0 Å². The minimum atomic E-state index is 0.274. The molecule has 13 heavy (non-hydrogen) atoms. The maximum atomic E-state index is 8.69. The fourth-order valence-electron chi connectivity index (χ4n) is 1.12. The van der Waals surface area contributed by atoms with E-state index >= 15 is 0 Å². The van der Waals surface area contributed by atoms with Gasteiger partial charge < -0.3 is 14.3 Å². The molecule has 3 nitrogen and oxygen atoms in total. The molecular weight excluding hydrogens is 166 g/mol. The SMILES string of the molecule is CCCCOC[N+](C)(C)CCCO. The molecule has 0 aliphatic heterocycles. The van der Waals surface area contributed by atoms with Crippen LogP contribution in [0.1, 0.15) is 26.2 Å². The molecule has 0 aromatic carbocycles. The second kappa shape index (κ2) is 7.30. The van der Waals surface area contributed by atoms with Crippen LogP contribution in [0.2, 0.25) is 0 Å². The van der Waals surface area contributed by atoms with Gasteiger partial charge in [0, 0.05) is 13.0 Å². The summed E-state index contributed by atoms with van der Waals surface area (Å²) in [7, 11) is 4.25. The first-order chi connectivity index (χ1) is 6.12. The molecule has 0 bridgehead atoms. The molecule has 0 radical (unpaired) electrons. The van der Waals surface area contributed by atoms with Gasteiger partial charge in [-0.1, -0.05) is 13.3 Å². The first-order valence-electron chi connectivity index (χ1n) is 5.13. The number of rotatable bonds is 8. The average Bonchev–Trinajstić information content (AvgIpc) is 2.09. The number of unbranched alkanes of at least 4 members (excludes halogenated alkanes) is 1. The summed E-state index contributed by atoms with van der Waals surface area (Å²) in [5.74, 6) is 0. The second-order valence-electron chi connectivity index (χ2n) is 4.13. The summed E-state index contributed by atoms with van der Waals surface area (Å²) in [6, 6.07) is 0. The van der Waals surface area contributed by atoms with Crippen molar-refractivity contribution in [1.82, 2.24) is 0 Å². The molecule has 0 aromatic rings. The second-order valence-corrected chi connectivity index (χ2v) is 4.13. The molecule has 0 heterocycles. The Morgan fingerprint density at radius 2 is 1.92 bits per heavy atom. The van der Waals surface area contributed by atoms with Crippen LogP contribution in [0, 0.1) is 0 Å². The summed E-state index contributed by atoms with van der Waals surface area (Å²) in [5, 5.41) is 8.69. The fraction of sp³-hybridized carbons (Fsp3) is 1.00. The lowest BCUT2D eigenvalue weighted by Gasteiger charge is -2.28. The summed E-state index contributed by atoms with van der Waals surface area (Å²) >= 11 is 0. The molecule has 0 atom stereocenters. The summed E-state index contributed by atoms with van der Waals surface area (Å²) < 4.78 is 6.36. The van der Waals surface area contributed by atoms with E-state index in [1.165, 1.54) is 6.42 Å². The molecule has 0 saturated heterocycles. The Labute approximate surface area is 81.9 Å². The molecule has 0 aromatic heterocycles. The van der Waals surface area contributed by atoms with E-state index in [1.807, 2.05) is 0 Å². The maximum Gasteiger partial charge on any atom is 0.182 e. The van der Waals surface area contributed by atoms with Gasteiger partial charge in [-0.2, -0.15) is 0 Å². The Morgan fingerprint density at radius 1 is 1.23 bits per heavy atom. The van der Waals surface area contributed by atoms with Crippen molar-refractivity contribution in [3.05, 3.63) is 0 Å². The quantitative estimate of drug-likeness (QED) is 0.354. The summed E-state index contributed by atoms with van der Waals surface area (Å²) in [5.41, 5.74) is 0. The van der Waals surface area contributed by atoms with Gasteiger partial charge in [0.1, 0.15) is 0 Å². The third-order valence-corrected chi connectivity index (χ3v) is 2.00. The van der Waals surface area contributed by atoms with E-state index in [2.05, 4.69) is 21.0 Å². The van der Waals surface area contributed by atoms with Crippen molar-refractivity contribution >= 4 is 0 Å². The lowest BCUT2D eigenvalue weighted by Crippen LogP contribution is -2.42. The highest BCUT2D eigenvalue weighted by Gasteiger charge is 2.13. The van der Waals surface area contributed by atoms with E-state index in [9.17, 15) is 0 Å². The topological polar surface area (TPSA) is 29.5 Å². The van der Waals surface area contributed by atoms with Crippen LogP contribution in [-0.2, 0) is 4.74 Å². The normalized spacial score (nSPS) is 12.0. The zero-order chi connectivity index (χ0) is 10.2. The van der Waals surface area contributed by atoms with Crippen LogP contribution < -0.4 is 0 Å². The van der Waals surface area contributed by atoms with Crippen LogP contribution in [0.4, 0.5) is 0 Å². The smallest absolute Gasteiger partial charge is 0.182 e. The van der Waals surface area contributed by atoms with E-state index < -0.39 is 0 Å². The summed E-state index contributed by atoms with van der Waals surface area (Å²) in [6.45, 7) is 5.02. The van der Waals surface area contributed by atoms with Crippen molar-refractivity contribution < 1.29 is 14.3 Å². The zero-order valence-electron chi connectivity index (χ0n) is 9.25. The van der Waals surface area contributed by atoms with Gasteiger partial charge in [-0.25, -0.2) is 0 Å². The number of aliphatic hydroxyl groups is 1. The molecule has 0 saturated carbocycles. The van der Waals surface area contributed by atoms with Crippen LogP contribution in [0.25, 0.3) is 0 Å². The predicted molar refractivity (Wildman–Crippen MR) is 54.4 cm³/mol. The Balaban J connectivity index is 3.39. The Kier molecular flexibility index (Phi) is 7.23. The van der Waals surface area contributed by atoms with Gasteiger partial charge >= 0.3 is 0 Å². The van der Waals surface area contributed by atoms with E-state index in [-0.39, 0.29) is 6.61 Å². The van der Waals surface area contributed by atoms with Gasteiger partial charge in [-0.3, -0.25) is 0 Å². The predicted octanol–water partition coefficient (Wildman–Crippen LogP) is 1.22. The van der Waals surface area contributed by atoms with Gasteiger partial charge in [-0.05, 0) is 6.42 Å². The van der Waals surface area contributed by atoms with Gasteiger partial charge in [0.05, 0.1) is 27.2 Å². The summed E-state index contributed by atoms with van der Waals surface area (Å²) in [6.07, 6.45) is 3.17. The van der Waals surface area contributed by atoms with Crippen LogP contribution in [0.15, 0.2) is 0 Å². The molecule has 0 aliphatic rings. The van der Waals surface area contributed by atoms with E-state index in [0.717, 1.165) is 37.2 Å². The third kappa shape index (κ3) is 8.22. The largest absolute Gasteiger partial charge is 0.396 e. The molecule has 0 rings (SSSR count). The number of quaternary nitrogens is 1. The minimum absolute atomic E-state index is 0.274. The maximum absolute atomic E-state index is 8.69. The Morgan fingerprint density at radius 3 is 2.46 bits per heavy atom. The highest BCUT2D eigenvalue weighted by Crippen LogP contribution is 2.00. The third-order valence-electron chi connectivity index (χ3n) is 2.00. The van der Waals surface area contributed by atoms with Gasteiger partial charge in [0.15, 0.2) is 6.73 Å². The monoisotopic (exact) mass is 190 g/mol. The average molecular weight is 190 g/mol. The Hall–Kier alpha value is -0.120. The molecule has 0 aliphatic carbocycles. The number of nitrogens with zero attached hydrogens (tertiary/aromatic N) is 1. The van der Waals surface area contributed by atoms with Gasteiger partial charge in [0.25, 0.3) is 0 Å². The highest BCUT2D eigenvalue weighted by molar-refractivity contribution is 4.33. The first kappa shape index (κ1) is 12.9. The van der Waals surface area contributed by atoms with Crippen molar-refractivity contribution in [2.75, 3.05) is 40.6 Å². The van der Waals surface area contributed by atoms with Crippen LogP contribution in [-0.4, -0.2) is 50.2 Å². The minimum Gasteiger partial charge on any atom is -0.396 e. The number of hydrogen-bond donors (Lipinski definition) is 1. The van der Waals surface area contributed by atoms with Crippen LogP contribution in [0.5, 0.6) is 0 Å². The Bertz CT molecular complexity index is 115. The van der Waals surface area contributed by atoms with E-state index in [1.54, 1.807) is 0 Å². The first-order valence-corrected chi connectivity index (χ1v) is 5.13. The number of hydrogen-bond acceptors (Lipinski definition) is 2. The van der Waals surface area contributed by atoms with E-state index in [4.69, 9.17) is 9.84 Å². The molecule has 0 amide bonds. The van der Waals surface area contributed by atoms with Crippen molar-refractivity contribution in [1.29, 1.82) is 0 Å². The van der Waals surface area contributed by atoms with Crippen molar-refractivity contribution in [3.8, 4) is 0 Å². The van der Waals surface area contributed by atoms with Gasteiger partial charge in [0.2, 0.25) is 0 Å². The number of aliphatic hydroxyl groups excluding tert-OH is 1. The zero-order valence-corrected chi connectivity index (χ0v) is 9.25. The standard InChI is InChI=1S/C10H24NO2/c1-4-5-9-13-10-11(2,3)7-6-8-12/h12H,4-10H2,1-3H3/q+1. The number of ether oxygens (including phenoxy) is 1. The molecule has 0 spiro atoms. The lowest BCUT2D eigenvalue weighted by molar-refractivity contribution is -0.909. The lowest BCUT2D eigenvalue weighted by atomic mass is 10.4. The van der Waals surface area contributed by atoms with E-state index in [0.29, 0.717) is 0 Å². The van der Waals surface area contributed by atoms with Crippen molar-refractivity contribution in [2.45, 2.75) is 26.2 Å². The molecule has 80 valence electrons. The molecule has 3 heteroatoms. The highest BCUT2D eigenvalue weighted by atomic mass is 16.5. The summed E-state index contributed by atoms with van der Waals surface area (Å²) in [4.78, 5) is 0. The van der Waals surface area contributed by atoms with Crippen LogP contribution >= 0.6 is 0 Å². The van der Waals surface area contributed by atoms with Crippen molar-refractivity contribution in [2.24, 2.45) is 0 Å². The molecule has 0 fully saturated rings. The van der Waals surface area contributed by atoms with Gasteiger partial charge in [-0.15, -0.1) is 0 Å². The fourth-order valence-corrected chi connectivity index (χ4v) is 1.12. The van der Waals surface area contributed by atoms with Crippen LogP contribution in [0.3, 0.4) is 0 Å². The molecule has 0 unspecified atom stereocenters. The molecule has 1 N–H and O–H groups in total.